The van der Waals surface area contributed by atoms with Crippen molar-refractivity contribution in [2.45, 2.75) is 33.1 Å². The minimum Gasteiger partial charge on any atom is -0.426 e. The van der Waals surface area contributed by atoms with E-state index >= 15 is 0 Å². The van der Waals surface area contributed by atoms with Crippen molar-refractivity contribution in [3.05, 3.63) is 75.1 Å². The van der Waals surface area contributed by atoms with Gasteiger partial charge in [-0.25, -0.2) is 4.79 Å². The van der Waals surface area contributed by atoms with Crippen LogP contribution in [-0.4, -0.2) is 5.97 Å². The van der Waals surface area contributed by atoms with Crippen molar-refractivity contribution in [1.29, 1.82) is 0 Å². The minimum absolute atomic E-state index is 0.220. The maximum Gasteiger partial charge on any atom is 0.339 e. The molecule has 1 aliphatic heterocycles. The van der Waals surface area contributed by atoms with E-state index in [9.17, 15) is 9.59 Å². The summed E-state index contributed by atoms with van der Waals surface area (Å²) in [5.41, 5.74) is 4.17. The molecule has 2 heterocycles. The molecule has 0 radical (unpaired) electrons. The second-order valence-electron chi connectivity index (χ2n) is 7.07. The molecule has 0 amide bonds. The summed E-state index contributed by atoms with van der Waals surface area (Å²) in [5, 5.41) is 0.909. The van der Waals surface area contributed by atoms with Gasteiger partial charge in [0.1, 0.15) is 11.3 Å². The van der Waals surface area contributed by atoms with Gasteiger partial charge < -0.3 is 9.15 Å². The van der Waals surface area contributed by atoms with E-state index in [1.807, 2.05) is 50.2 Å². The van der Waals surface area contributed by atoms with E-state index < -0.39 is 0 Å². The average Bonchev–Trinajstić information content (AvgIpc) is 2.60. The number of carbonyl (C=O) groups is 1. The molecular weight excluding hydrogens is 328 g/mol. The van der Waals surface area contributed by atoms with Gasteiger partial charge in [-0.3, -0.25) is 4.79 Å². The van der Waals surface area contributed by atoms with Gasteiger partial charge in [0.15, 0.2) is 0 Å². The van der Waals surface area contributed by atoms with Gasteiger partial charge in [-0.05, 0) is 62.9 Å². The summed E-state index contributed by atoms with van der Waals surface area (Å²) in [6.07, 6.45) is 1.70. The van der Waals surface area contributed by atoms with Crippen LogP contribution in [0.25, 0.3) is 11.0 Å². The van der Waals surface area contributed by atoms with Gasteiger partial charge >= 0.3 is 11.6 Å². The molecule has 0 N–H and O–H groups in total. The summed E-state index contributed by atoms with van der Waals surface area (Å²) in [4.78, 5) is 24.5. The fourth-order valence-electron chi connectivity index (χ4n) is 3.52. The predicted octanol–water partition coefficient (Wildman–Crippen LogP) is 4.12. The minimum atomic E-state index is -0.332. The largest absolute Gasteiger partial charge is 0.426 e. The van der Waals surface area contributed by atoms with E-state index in [2.05, 4.69) is 6.07 Å². The lowest BCUT2D eigenvalue weighted by molar-refractivity contribution is -0.140. The number of esters is 1. The van der Waals surface area contributed by atoms with Gasteiger partial charge in [-0.1, -0.05) is 29.3 Å². The van der Waals surface area contributed by atoms with Crippen LogP contribution in [0.4, 0.5) is 0 Å². The Morgan fingerprint density at radius 2 is 1.77 bits per heavy atom. The maximum atomic E-state index is 12.3. The number of rotatable bonds is 3. The number of hydrogen-bond donors (Lipinski definition) is 0. The van der Waals surface area contributed by atoms with E-state index in [1.165, 1.54) is 0 Å². The molecular formula is C22H20O4. The van der Waals surface area contributed by atoms with Crippen LogP contribution < -0.4 is 10.4 Å². The highest BCUT2D eigenvalue weighted by molar-refractivity contribution is 5.79. The van der Waals surface area contributed by atoms with Crippen molar-refractivity contribution in [2.75, 3.05) is 0 Å². The van der Waals surface area contributed by atoms with Crippen LogP contribution in [0.1, 0.15) is 28.7 Å². The fraction of sp³-hybridized carbons (Fsp3) is 0.273. The predicted molar refractivity (Wildman–Crippen MR) is 99.6 cm³/mol. The van der Waals surface area contributed by atoms with Crippen molar-refractivity contribution < 1.29 is 13.9 Å². The molecule has 26 heavy (non-hydrogen) atoms. The molecule has 0 bridgehead atoms. The number of carbonyl (C=O) groups excluding carboxylic acids is 1. The molecule has 1 aromatic heterocycles. The smallest absolute Gasteiger partial charge is 0.339 e. The molecule has 1 aliphatic rings. The van der Waals surface area contributed by atoms with Crippen LogP contribution in [0.3, 0.4) is 0 Å². The third-order valence-corrected chi connectivity index (χ3v) is 4.95. The first-order valence-corrected chi connectivity index (χ1v) is 8.84. The Kier molecular flexibility index (Phi) is 4.11. The second-order valence-corrected chi connectivity index (χ2v) is 7.07. The Bertz CT molecular complexity index is 1060. The van der Waals surface area contributed by atoms with Crippen LogP contribution in [-0.2, 0) is 17.6 Å². The van der Waals surface area contributed by atoms with E-state index in [0.29, 0.717) is 36.2 Å². The highest BCUT2D eigenvalue weighted by Crippen LogP contribution is 2.31. The summed E-state index contributed by atoms with van der Waals surface area (Å²) in [6, 6.07) is 13.4. The molecule has 4 heteroatoms. The Balaban J connectivity index is 1.55. The number of hydrogen-bond acceptors (Lipinski definition) is 4. The van der Waals surface area contributed by atoms with Crippen LogP contribution >= 0.6 is 0 Å². The Morgan fingerprint density at radius 1 is 1.00 bits per heavy atom. The fourth-order valence-corrected chi connectivity index (χ4v) is 3.52. The summed E-state index contributed by atoms with van der Waals surface area (Å²) in [6.45, 7) is 4.02. The molecule has 132 valence electrons. The standard InChI is InChI=1S/C22H20O4/c1-13-3-7-19-17(9-13)11-15(21(23)25-19)5-6-16-12-18-10-14(2)4-8-20(18)26-22(16)24/h3-4,7-11,16H,5-6,12H2,1-2H3. The first-order chi connectivity index (χ1) is 12.5. The quantitative estimate of drug-likeness (QED) is 0.406. The van der Waals surface area contributed by atoms with Crippen molar-refractivity contribution in [2.24, 2.45) is 5.92 Å². The monoisotopic (exact) mass is 348 g/mol. The average molecular weight is 348 g/mol. The van der Waals surface area contributed by atoms with E-state index in [0.717, 1.165) is 22.1 Å². The maximum absolute atomic E-state index is 12.3. The lowest BCUT2D eigenvalue weighted by atomic mass is 9.90. The van der Waals surface area contributed by atoms with Gasteiger partial charge in [-0.2, -0.15) is 0 Å². The number of ether oxygens (including phenoxy) is 1. The molecule has 1 atom stereocenters. The first kappa shape index (κ1) is 16.6. The third-order valence-electron chi connectivity index (χ3n) is 4.95. The van der Waals surface area contributed by atoms with Crippen molar-refractivity contribution in [3.63, 3.8) is 0 Å². The van der Waals surface area contributed by atoms with Crippen LogP contribution in [0.2, 0.25) is 0 Å². The van der Waals surface area contributed by atoms with Gasteiger partial charge in [0.2, 0.25) is 0 Å². The second kappa shape index (κ2) is 6.45. The molecule has 0 saturated carbocycles. The Hall–Kier alpha value is -2.88. The topological polar surface area (TPSA) is 56.5 Å². The molecule has 4 rings (SSSR count). The Labute approximate surface area is 151 Å². The molecule has 0 spiro atoms. The Morgan fingerprint density at radius 3 is 2.62 bits per heavy atom. The summed E-state index contributed by atoms with van der Waals surface area (Å²) in [7, 11) is 0. The summed E-state index contributed by atoms with van der Waals surface area (Å²) in [5.74, 6) is 0.192. The van der Waals surface area contributed by atoms with Crippen molar-refractivity contribution in [1.82, 2.24) is 0 Å². The van der Waals surface area contributed by atoms with E-state index in [-0.39, 0.29) is 17.5 Å². The van der Waals surface area contributed by atoms with E-state index in [1.54, 1.807) is 0 Å². The molecule has 0 saturated heterocycles. The summed E-state index contributed by atoms with van der Waals surface area (Å²) >= 11 is 0. The van der Waals surface area contributed by atoms with Crippen LogP contribution in [0.15, 0.2) is 51.7 Å². The zero-order chi connectivity index (χ0) is 18.3. The molecule has 2 aromatic carbocycles. The normalized spacial score (nSPS) is 16.4. The van der Waals surface area contributed by atoms with Crippen molar-refractivity contribution in [3.8, 4) is 5.75 Å². The number of benzene rings is 2. The van der Waals surface area contributed by atoms with Gasteiger partial charge in [0.05, 0.1) is 5.92 Å². The zero-order valence-electron chi connectivity index (χ0n) is 14.9. The van der Waals surface area contributed by atoms with Crippen LogP contribution in [0.5, 0.6) is 5.75 Å². The third kappa shape index (κ3) is 3.15. The van der Waals surface area contributed by atoms with E-state index in [4.69, 9.17) is 9.15 Å². The molecule has 3 aromatic rings. The lowest BCUT2D eigenvalue weighted by Gasteiger charge is -2.23. The SMILES string of the molecule is Cc1ccc2c(c1)CC(CCc1cc3cc(C)ccc3oc1=O)C(=O)O2. The lowest BCUT2D eigenvalue weighted by Crippen LogP contribution is -2.28. The van der Waals surface area contributed by atoms with Gasteiger partial charge in [0, 0.05) is 10.9 Å². The molecule has 4 nitrogen and oxygen atoms in total. The molecule has 1 unspecified atom stereocenters. The first-order valence-electron chi connectivity index (χ1n) is 8.84. The summed E-state index contributed by atoms with van der Waals surface area (Å²) < 4.78 is 10.9. The zero-order valence-corrected chi connectivity index (χ0v) is 14.9. The van der Waals surface area contributed by atoms with Gasteiger partial charge in [-0.15, -0.1) is 0 Å². The number of fused-ring (bicyclic) bond motifs is 2. The van der Waals surface area contributed by atoms with Crippen molar-refractivity contribution >= 4 is 16.9 Å². The highest BCUT2D eigenvalue weighted by Gasteiger charge is 2.28. The van der Waals surface area contributed by atoms with Gasteiger partial charge in [0.25, 0.3) is 0 Å². The highest BCUT2D eigenvalue weighted by atomic mass is 16.5. The molecule has 0 aliphatic carbocycles. The number of aryl methyl sites for hydroxylation is 3. The van der Waals surface area contributed by atoms with Crippen LogP contribution in [0, 0.1) is 19.8 Å². The molecule has 0 fully saturated rings.